The molecule has 0 aromatic heterocycles. The molecule has 2 heteroatoms. The maximum atomic E-state index is 3.90. The van der Waals surface area contributed by atoms with Gasteiger partial charge in [-0.2, -0.15) is 0 Å². The number of nitrogens with one attached hydrogen (secondary N) is 2. The maximum absolute atomic E-state index is 3.90. The summed E-state index contributed by atoms with van der Waals surface area (Å²) in [5.41, 5.74) is 0. The van der Waals surface area contributed by atoms with E-state index in [1.54, 1.807) is 0 Å². The largest absolute Gasteiger partial charge is 0.314 e. The molecule has 0 bridgehead atoms. The van der Waals surface area contributed by atoms with Crippen molar-refractivity contribution in [3.05, 3.63) is 0 Å². The summed E-state index contributed by atoms with van der Waals surface area (Å²) in [6.07, 6.45) is 11.1. The van der Waals surface area contributed by atoms with Crippen LogP contribution in [0.4, 0.5) is 0 Å². The Kier molecular flexibility index (Phi) is 5.30. The lowest BCUT2D eigenvalue weighted by Gasteiger charge is -2.29. The number of hydrogen-bond donors (Lipinski definition) is 2. The van der Waals surface area contributed by atoms with Gasteiger partial charge in [-0.15, -0.1) is 0 Å². The summed E-state index contributed by atoms with van der Waals surface area (Å²) < 4.78 is 0. The smallest absolute Gasteiger partial charge is 0.0113 e. The summed E-state index contributed by atoms with van der Waals surface area (Å²) in [5, 5.41) is 7.61. The standard InChI is InChI=1S/C15H30N2/c1-3-4-7-12(2)17-15-9-5-8-13(15)14-10-6-11-16-14/h12-17H,3-11H2,1-2H3. The second-order valence-electron chi connectivity index (χ2n) is 6.11. The molecule has 2 N–H and O–H groups in total. The van der Waals surface area contributed by atoms with E-state index < -0.39 is 0 Å². The third kappa shape index (κ3) is 3.69. The molecule has 0 aromatic carbocycles. The first-order valence-electron chi connectivity index (χ1n) is 7.80. The summed E-state index contributed by atoms with van der Waals surface area (Å²) in [7, 11) is 0. The second-order valence-corrected chi connectivity index (χ2v) is 6.11. The van der Waals surface area contributed by atoms with Crippen LogP contribution in [0.25, 0.3) is 0 Å². The molecule has 4 atom stereocenters. The van der Waals surface area contributed by atoms with Gasteiger partial charge in [0.1, 0.15) is 0 Å². The lowest BCUT2D eigenvalue weighted by molar-refractivity contribution is 0.296. The van der Waals surface area contributed by atoms with Crippen molar-refractivity contribution in [3.8, 4) is 0 Å². The van der Waals surface area contributed by atoms with Gasteiger partial charge in [0.2, 0.25) is 0 Å². The van der Waals surface area contributed by atoms with Gasteiger partial charge in [0.05, 0.1) is 0 Å². The fourth-order valence-electron chi connectivity index (χ4n) is 3.71. The van der Waals surface area contributed by atoms with Crippen molar-refractivity contribution in [2.45, 2.75) is 83.3 Å². The van der Waals surface area contributed by atoms with E-state index in [-0.39, 0.29) is 0 Å². The third-order valence-electron chi connectivity index (χ3n) is 4.67. The molecule has 2 fully saturated rings. The maximum Gasteiger partial charge on any atom is 0.0113 e. The first-order valence-corrected chi connectivity index (χ1v) is 7.80. The van der Waals surface area contributed by atoms with Gasteiger partial charge in [-0.05, 0) is 51.5 Å². The predicted octanol–water partition coefficient (Wildman–Crippen LogP) is 3.08. The average Bonchev–Trinajstić information content (AvgIpc) is 2.95. The summed E-state index contributed by atoms with van der Waals surface area (Å²) in [6, 6.07) is 2.31. The fourth-order valence-corrected chi connectivity index (χ4v) is 3.71. The van der Waals surface area contributed by atoms with Crippen LogP contribution in [0.1, 0.15) is 65.2 Å². The lowest BCUT2D eigenvalue weighted by Crippen LogP contribution is -2.45. The quantitative estimate of drug-likeness (QED) is 0.743. The van der Waals surface area contributed by atoms with Crippen molar-refractivity contribution >= 4 is 0 Å². The van der Waals surface area contributed by atoms with Gasteiger partial charge in [0, 0.05) is 18.1 Å². The average molecular weight is 238 g/mol. The Labute approximate surface area is 107 Å². The molecule has 4 unspecified atom stereocenters. The number of rotatable bonds is 6. The minimum absolute atomic E-state index is 0.710. The molecule has 0 radical (unpaired) electrons. The molecular formula is C15H30N2. The summed E-state index contributed by atoms with van der Waals surface area (Å²) >= 11 is 0. The lowest BCUT2D eigenvalue weighted by atomic mass is 9.92. The van der Waals surface area contributed by atoms with Crippen molar-refractivity contribution in [1.29, 1.82) is 0 Å². The van der Waals surface area contributed by atoms with Crippen LogP contribution >= 0.6 is 0 Å². The third-order valence-corrected chi connectivity index (χ3v) is 4.67. The highest BCUT2D eigenvalue weighted by Gasteiger charge is 2.35. The van der Waals surface area contributed by atoms with Crippen LogP contribution in [0.2, 0.25) is 0 Å². The summed E-state index contributed by atoms with van der Waals surface area (Å²) in [6.45, 7) is 5.90. The molecule has 100 valence electrons. The second kappa shape index (κ2) is 6.75. The van der Waals surface area contributed by atoms with Crippen LogP contribution in [0.3, 0.4) is 0 Å². The van der Waals surface area contributed by atoms with Crippen LogP contribution in [0, 0.1) is 5.92 Å². The molecule has 2 rings (SSSR count). The zero-order valence-electron chi connectivity index (χ0n) is 11.7. The Balaban J connectivity index is 1.78. The van der Waals surface area contributed by atoms with Crippen LogP contribution in [0.15, 0.2) is 0 Å². The van der Waals surface area contributed by atoms with Gasteiger partial charge in [0.25, 0.3) is 0 Å². The Morgan fingerprint density at radius 1 is 1.24 bits per heavy atom. The van der Waals surface area contributed by atoms with E-state index in [0.717, 1.165) is 18.0 Å². The van der Waals surface area contributed by atoms with E-state index in [1.165, 1.54) is 57.9 Å². The molecule has 17 heavy (non-hydrogen) atoms. The molecule has 1 aliphatic carbocycles. The van der Waals surface area contributed by atoms with E-state index in [4.69, 9.17) is 0 Å². The van der Waals surface area contributed by atoms with E-state index in [9.17, 15) is 0 Å². The first kappa shape index (κ1) is 13.4. The highest BCUT2D eigenvalue weighted by Crippen LogP contribution is 2.32. The van der Waals surface area contributed by atoms with Crippen LogP contribution in [-0.4, -0.2) is 24.7 Å². The Morgan fingerprint density at radius 3 is 2.82 bits per heavy atom. The van der Waals surface area contributed by atoms with Crippen LogP contribution < -0.4 is 10.6 Å². The molecule has 0 aromatic rings. The van der Waals surface area contributed by atoms with Gasteiger partial charge in [-0.3, -0.25) is 0 Å². The first-order chi connectivity index (χ1) is 8.31. The molecule has 1 heterocycles. The Hall–Kier alpha value is -0.0800. The normalized spacial score (nSPS) is 35.3. The topological polar surface area (TPSA) is 24.1 Å². The highest BCUT2D eigenvalue weighted by atomic mass is 15.0. The van der Waals surface area contributed by atoms with Crippen molar-refractivity contribution in [2.24, 2.45) is 5.92 Å². The van der Waals surface area contributed by atoms with Gasteiger partial charge >= 0.3 is 0 Å². The zero-order valence-corrected chi connectivity index (χ0v) is 11.7. The minimum atomic E-state index is 0.710. The fraction of sp³-hybridized carbons (Fsp3) is 1.00. The molecule has 1 aliphatic heterocycles. The molecule has 1 saturated heterocycles. The Bertz CT molecular complexity index is 211. The minimum Gasteiger partial charge on any atom is -0.314 e. The van der Waals surface area contributed by atoms with Crippen LogP contribution in [-0.2, 0) is 0 Å². The van der Waals surface area contributed by atoms with Gasteiger partial charge < -0.3 is 10.6 Å². The molecule has 2 aliphatic rings. The van der Waals surface area contributed by atoms with E-state index >= 15 is 0 Å². The Morgan fingerprint density at radius 2 is 2.12 bits per heavy atom. The van der Waals surface area contributed by atoms with E-state index in [1.807, 2.05) is 0 Å². The van der Waals surface area contributed by atoms with Crippen molar-refractivity contribution in [1.82, 2.24) is 10.6 Å². The molecule has 1 saturated carbocycles. The molecular weight excluding hydrogens is 208 g/mol. The SMILES string of the molecule is CCCCC(C)NC1CCCC1C1CCCN1. The summed E-state index contributed by atoms with van der Waals surface area (Å²) in [4.78, 5) is 0. The van der Waals surface area contributed by atoms with Gasteiger partial charge in [-0.1, -0.05) is 26.2 Å². The van der Waals surface area contributed by atoms with Gasteiger partial charge in [0.15, 0.2) is 0 Å². The van der Waals surface area contributed by atoms with Crippen molar-refractivity contribution in [2.75, 3.05) is 6.54 Å². The van der Waals surface area contributed by atoms with Gasteiger partial charge in [-0.25, -0.2) is 0 Å². The summed E-state index contributed by atoms with van der Waals surface area (Å²) in [5.74, 6) is 0.904. The number of hydrogen-bond acceptors (Lipinski definition) is 2. The van der Waals surface area contributed by atoms with Crippen molar-refractivity contribution < 1.29 is 0 Å². The van der Waals surface area contributed by atoms with Crippen LogP contribution in [0.5, 0.6) is 0 Å². The van der Waals surface area contributed by atoms with Crippen molar-refractivity contribution in [3.63, 3.8) is 0 Å². The molecule has 0 spiro atoms. The monoisotopic (exact) mass is 238 g/mol. The molecule has 2 nitrogen and oxygen atoms in total. The van der Waals surface area contributed by atoms with E-state index in [2.05, 4.69) is 24.5 Å². The predicted molar refractivity (Wildman–Crippen MR) is 74.3 cm³/mol. The zero-order chi connectivity index (χ0) is 12.1. The van der Waals surface area contributed by atoms with E-state index in [0.29, 0.717) is 6.04 Å². The molecule has 0 amide bonds. The number of unbranched alkanes of at least 4 members (excludes halogenated alkanes) is 1. The highest BCUT2D eigenvalue weighted by molar-refractivity contribution is 4.93.